The molecule has 0 aliphatic rings. The van der Waals surface area contributed by atoms with Crippen molar-refractivity contribution in [1.29, 1.82) is 0 Å². The zero-order valence-corrected chi connectivity index (χ0v) is 12.3. The van der Waals surface area contributed by atoms with Crippen LogP contribution in [0.1, 0.15) is 18.1 Å². The van der Waals surface area contributed by atoms with E-state index in [1.165, 1.54) is 0 Å². The molecule has 2 aromatic rings. The minimum absolute atomic E-state index is 0.367. The summed E-state index contributed by atoms with van der Waals surface area (Å²) < 4.78 is 5.31. The third-order valence-electron chi connectivity index (χ3n) is 2.75. The number of rotatable bonds is 5. The Balaban J connectivity index is 2.25. The van der Waals surface area contributed by atoms with Gasteiger partial charge in [-0.1, -0.05) is 18.3 Å². The van der Waals surface area contributed by atoms with Gasteiger partial charge in [-0.3, -0.25) is 0 Å². The molecule has 0 bridgehead atoms. The van der Waals surface area contributed by atoms with Crippen molar-refractivity contribution in [3.63, 3.8) is 0 Å². The molecule has 1 aromatic carbocycles. The Hall–Kier alpha value is -2.14. The molecule has 1 heterocycles. The number of nitrogens with one attached hydrogen (secondary N) is 1. The maximum absolute atomic E-state index is 5.74. The Kier molecular flexibility index (Phi) is 4.53. The van der Waals surface area contributed by atoms with E-state index in [2.05, 4.69) is 10.3 Å². The van der Waals surface area contributed by atoms with Crippen molar-refractivity contribution < 1.29 is 4.74 Å². The van der Waals surface area contributed by atoms with Gasteiger partial charge in [-0.05, 0) is 37.6 Å². The van der Waals surface area contributed by atoms with Crippen LogP contribution in [-0.4, -0.2) is 16.6 Å². The van der Waals surface area contributed by atoms with Gasteiger partial charge in [0.1, 0.15) is 4.99 Å². The number of pyridine rings is 1. The molecule has 0 fully saturated rings. The molecule has 0 amide bonds. The number of hydrogen-bond acceptors (Lipinski definition) is 4. The second kappa shape index (κ2) is 6.34. The van der Waals surface area contributed by atoms with E-state index in [1.54, 1.807) is 6.20 Å². The summed E-state index contributed by atoms with van der Waals surface area (Å²) >= 11 is 5.07. The second-order valence-corrected chi connectivity index (χ2v) is 4.80. The summed E-state index contributed by atoms with van der Waals surface area (Å²) in [5.41, 5.74) is 9.42. The average molecular weight is 287 g/mol. The Bertz CT molecular complexity index is 611. The second-order valence-electron chi connectivity index (χ2n) is 4.36. The lowest BCUT2D eigenvalue weighted by molar-refractivity contribution is 0.327. The number of aromatic nitrogens is 1. The average Bonchev–Trinajstić information content (AvgIpc) is 2.41. The largest absolute Gasteiger partial charge is 0.478 e. The summed E-state index contributed by atoms with van der Waals surface area (Å²) in [5, 5.41) is 3.28. The van der Waals surface area contributed by atoms with Gasteiger partial charge in [0.15, 0.2) is 0 Å². The molecule has 3 N–H and O–H groups in total. The Morgan fingerprint density at radius 2 is 2.15 bits per heavy atom. The number of benzene rings is 1. The lowest BCUT2D eigenvalue weighted by Crippen LogP contribution is -2.12. The van der Waals surface area contributed by atoms with Gasteiger partial charge >= 0.3 is 0 Å². The highest BCUT2D eigenvalue weighted by Crippen LogP contribution is 2.23. The van der Waals surface area contributed by atoms with Gasteiger partial charge in [0, 0.05) is 17.3 Å². The quantitative estimate of drug-likeness (QED) is 0.827. The van der Waals surface area contributed by atoms with Crippen molar-refractivity contribution in [3.05, 3.63) is 47.7 Å². The molecule has 20 heavy (non-hydrogen) atoms. The number of aryl methyl sites for hydroxylation is 1. The zero-order chi connectivity index (χ0) is 14.5. The van der Waals surface area contributed by atoms with Gasteiger partial charge in [-0.15, -0.1) is 0 Å². The molecule has 0 saturated carbocycles. The molecule has 1 aromatic heterocycles. The summed E-state index contributed by atoms with van der Waals surface area (Å²) in [6.45, 7) is 4.54. The fourth-order valence-electron chi connectivity index (χ4n) is 1.82. The van der Waals surface area contributed by atoms with Crippen molar-refractivity contribution >= 4 is 28.6 Å². The summed E-state index contributed by atoms with van der Waals surface area (Å²) in [4.78, 5) is 4.58. The van der Waals surface area contributed by atoms with E-state index in [0.29, 0.717) is 17.5 Å². The predicted molar refractivity (Wildman–Crippen MR) is 85.8 cm³/mol. The van der Waals surface area contributed by atoms with Gasteiger partial charge in [-0.2, -0.15) is 0 Å². The van der Waals surface area contributed by atoms with Crippen LogP contribution in [0, 0.1) is 6.92 Å². The number of thiocarbonyl (C=S) groups is 1. The lowest BCUT2D eigenvalue weighted by atomic mass is 10.1. The molecule has 0 unspecified atom stereocenters. The summed E-state index contributed by atoms with van der Waals surface area (Å²) in [6, 6.07) is 9.63. The van der Waals surface area contributed by atoms with Gasteiger partial charge < -0.3 is 15.8 Å². The van der Waals surface area contributed by atoms with E-state index in [1.807, 2.05) is 44.2 Å². The topological polar surface area (TPSA) is 60.2 Å². The minimum atomic E-state index is 0.367. The molecule has 0 aliphatic heterocycles. The number of ether oxygens (including phenoxy) is 1. The standard InChI is InChI=1S/C15H17N3OS/c1-3-19-14-7-5-11(9-17-14)18-13-8-10(2)4-6-12(13)15(16)20/h4-9,18H,3H2,1-2H3,(H2,16,20). The van der Waals surface area contributed by atoms with E-state index in [0.717, 1.165) is 22.5 Å². The number of anilines is 2. The van der Waals surface area contributed by atoms with Gasteiger partial charge in [0.25, 0.3) is 0 Å². The number of nitrogens with two attached hydrogens (primary N) is 1. The minimum Gasteiger partial charge on any atom is -0.478 e. The molecule has 104 valence electrons. The molecule has 4 nitrogen and oxygen atoms in total. The SMILES string of the molecule is CCOc1ccc(Nc2cc(C)ccc2C(N)=S)cn1. The maximum atomic E-state index is 5.74. The fraction of sp³-hybridized carbons (Fsp3) is 0.200. The van der Waals surface area contributed by atoms with Gasteiger partial charge in [0.2, 0.25) is 5.88 Å². The zero-order valence-electron chi connectivity index (χ0n) is 11.5. The van der Waals surface area contributed by atoms with E-state index in [4.69, 9.17) is 22.7 Å². The van der Waals surface area contributed by atoms with Crippen molar-refractivity contribution in [1.82, 2.24) is 4.98 Å². The fourth-order valence-corrected chi connectivity index (χ4v) is 2.00. The summed E-state index contributed by atoms with van der Waals surface area (Å²) in [6.07, 6.45) is 1.72. The van der Waals surface area contributed by atoms with Gasteiger partial charge in [-0.25, -0.2) is 4.98 Å². The normalized spacial score (nSPS) is 10.1. The molecule has 0 spiro atoms. The molecule has 0 aliphatic carbocycles. The highest BCUT2D eigenvalue weighted by Gasteiger charge is 2.06. The van der Waals surface area contributed by atoms with Gasteiger partial charge in [0.05, 0.1) is 18.5 Å². The van der Waals surface area contributed by atoms with Crippen LogP contribution in [0.15, 0.2) is 36.5 Å². The maximum Gasteiger partial charge on any atom is 0.213 e. The highest BCUT2D eigenvalue weighted by atomic mass is 32.1. The summed E-state index contributed by atoms with van der Waals surface area (Å²) in [7, 11) is 0. The first-order valence-electron chi connectivity index (χ1n) is 6.36. The number of hydrogen-bond donors (Lipinski definition) is 2. The third-order valence-corrected chi connectivity index (χ3v) is 2.97. The molecular weight excluding hydrogens is 270 g/mol. The first-order chi connectivity index (χ1) is 9.60. The smallest absolute Gasteiger partial charge is 0.213 e. The first-order valence-corrected chi connectivity index (χ1v) is 6.77. The monoisotopic (exact) mass is 287 g/mol. The molecule has 0 atom stereocenters. The Morgan fingerprint density at radius 1 is 1.35 bits per heavy atom. The van der Waals surface area contributed by atoms with Crippen LogP contribution < -0.4 is 15.8 Å². The van der Waals surface area contributed by atoms with Crippen LogP contribution in [0.25, 0.3) is 0 Å². The van der Waals surface area contributed by atoms with Crippen molar-refractivity contribution in [2.45, 2.75) is 13.8 Å². The van der Waals surface area contributed by atoms with E-state index >= 15 is 0 Å². The molecule has 0 saturated heterocycles. The van der Waals surface area contributed by atoms with Crippen LogP contribution in [-0.2, 0) is 0 Å². The van der Waals surface area contributed by atoms with Crippen LogP contribution in [0.2, 0.25) is 0 Å². The Labute approximate surface area is 124 Å². The molecule has 2 rings (SSSR count). The lowest BCUT2D eigenvalue weighted by Gasteiger charge is -2.12. The molecular formula is C15H17N3OS. The van der Waals surface area contributed by atoms with Crippen molar-refractivity contribution in [3.8, 4) is 5.88 Å². The van der Waals surface area contributed by atoms with Crippen LogP contribution in [0.5, 0.6) is 5.88 Å². The Morgan fingerprint density at radius 3 is 2.75 bits per heavy atom. The predicted octanol–water partition coefficient (Wildman–Crippen LogP) is 3.17. The van der Waals surface area contributed by atoms with E-state index < -0.39 is 0 Å². The van der Waals surface area contributed by atoms with Crippen LogP contribution in [0.4, 0.5) is 11.4 Å². The van der Waals surface area contributed by atoms with Crippen molar-refractivity contribution in [2.24, 2.45) is 5.73 Å². The van der Waals surface area contributed by atoms with E-state index in [-0.39, 0.29) is 0 Å². The number of nitrogens with zero attached hydrogens (tertiary/aromatic N) is 1. The van der Waals surface area contributed by atoms with Crippen molar-refractivity contribution in [2.75, 3.05) is 11.9 Å². The first kappa shape index (κ1) is 14.3. The van der Waals surface area contributed by atoms with Crippen LogP contribution >= 0.6 is 12.2 Å². The molecule has 0 radical (unpaired) electrons. The highest BCUT2D eigenvalue weighted by molar-refractivity contribution is 7.80. The third kappa shape index (κ3) is 3.45. The van der Waals surface area contributed by atoms with Crippen LogP contribution in [0.3, 0.4) is 0 Å². The van der Waals surface area contributed by atoms with E-state index in [9.17, 15) is 0 Å². The summed E-state index contributed by atoms with van der Waals surface area (Å²) in [5.74, 6) is 0.608. The molecule has 5 heteroatoms.